The molecule has 4 aromatic carbocycles. The van der Waals surface area contributed by atoms with Gasteiger partial charge in [-0.2, -0.15) is 0 Å². The molecule has 44 heavy (non-hydrogen) atoms. The van der Waals surface area contributed by atoms with E-state index in [2.05, 4.69) is 0 Å². The number of allylic oxidation sites excluding steroid dienone is 2. The highest BCUT2D eigenvalue weighted by molar-refractivity contribution is 6.12. The maximum atomic E-state index is 12.4. The average molecular weight is 597 g/mol. The Morgan fingerprint density at radius 1 is 0.523 bits per heavy atom. The molecule has 0 fully saturated rings. The predicted octanol–water partition coefficient (Wildman–Crippen LogP) is 7.24. The molecule has 0 aromatic heterocycles. The van der Waals surface area contributed by atoms with Crippen LogP contribution in [0.4, 0.5) is 0 Å². The van der Waals surface area contributed by atoms with Gasteiger partial charge in [-0.3, -0.25) is 9.59 Å². The summed E-state index contributed by atoms with van der Waals surface area (Å²) in [6, 6.07) is 18.7. The number of benzene rings is 4. The van der Waals surface area contributed by atoms with Gasteiger partial charge in [0.05, 0.1) is 14.2 Å². The minimum absolute atomic E-state index is 0.0579. The Morgan fingerprint density at radius 3 is 1.14 bits per heavy atom. The molecule has 0 atom stereocenters. The first kappa shape index (κ1) is 33.0. The van der Waals surface area contributed by atoms with Crippen LogP contribution in [0.5, 0.6) is 34.5 Å². The minimum Gasteiger partial charge on any atom is -0.507 e. The van der Waals surface area contributed by atoms with E-state index in [9.17, 15) is 30.0 Å². The van der Waals surface area contributed by atoms with Crippen LogP contribution in [0.2, 0.25) is 0 Å². The lowest BCUT2D eigenvalue weighted by Crippen LogP contribution is -2.03. The topological polar surface area (TPSA) is 134 Å². The molecule has 0 spiro atoms. The fourth-order valence-electron chi connectivity index (χ4n) is 4.57. The summed E-state index contributed by atoms with van der Waals surface area (Å²) in [5.41, 5.74) is 3.24. The monoisotopic (exact) mass is 596 g/mol. The first-order valence-electron chi connectivity index (χ1n) is 13.7. The van der Waals surface area contributed by atoms with Crippen LogP contribution in [0.15, 0.2) is 72.8 Å². The fourth-order valence-corrected chi connectivity index (χ4v) is 4.57. The SMILES string of the molecule is COc1c(C)c(O)c(C)c(O)c1C(=O)/C=C/c1ccccc1.COc1c(C)c(O)c(C)c(O)c1C(=O)/C=C/c1ccccc1. The molecule has 4 rings (SSSR count). The number of phenols is 4. The quantitative estimate of drug-likeness (QED) is 0.124. The van der Waals surface area contributed by atoms with E-state index in [1.54, 1.807) is 39.8 Å². The Bertz CT molecular complexity index is 1590. The Balaban J connectivity index is 0.000000240. The molecule has 0 aliphatic heterocycles. The highest BCUT2D eigenvalue weighted by atomic mass is 16.5. The average Bonchev–Trinajstić information content (AvgIpc) is 3.04. The maximum Gasteiger partial charge on any atom is 0.193 e. The fraction of sp³-hybridized carbons (Fsp3) is 0.167. The van der Waals surface area contributed by atoms with Crippen molar-refractivity contribution in [1.82, 2.24) is 0 Å². The van der Waals surface area contributed by atoms with Crippen LogP contribution >= 0.6 is 0 Å². The third-order valence-corrected chi connectivity index (χ3v) is 7.09. The molecule has 0 saturated heterocycles. The second kappa shape index (κ2) is 14.6. The number of aromatic hydroxyl groups is 4. The molecule has 0 radical (unpaired) electrons. The molecule has 0 amide bonds. The summed E-state index contributed by atoms with van der Waals surface area (Å²) >= 11 is 0. The summed E-state index contributed by atoms with van der Waals surface area (Å²) < 4.78 is 10.4. The number of hydrogen-bond acceptors (Lipinski definition) is 8. The summed E-state index contributed by atoms with van der Waals surface area (Å²) in [6.07, 6.45) is 6.09. The second-order valence-corrected chi connectivity index (χ2v) is 9.93. The van der Waals surface area contributed by atoms with Gasteiger partial charge in [-0.15, -0.1) is 0 Å². The molecule has 4 N–H and O–H groups in total. The number of ether oxygens (including phenoxy) is 2. The standard InChI is InChI=1S/2C18H18O4/c2*1-11-16(20)12(2)18(22-3)15(17(11)21)14(19)10-9-13-7-5-4-6-8-13/h2*4-10,20-21H,1-3H3/b2*10-9+. The molecule has 0 aliphatic rings. The van der Waals surface area contributed by atoms with E-state index in [1.165, 1.54) is 26.4 Å². The number of methoxy groups -OCH3 is 2. The van der Waals surface area contributed by atoms with Crippen LogP contribution in [0.1, 0.15) is 54.1 Å². The molecule has 8 nitrogen and oxygen atoms in total. The zero-order valence-electron chi connectivity index (χ0n) is 25.5. The van der Waals surface area contributed by atoms with Crippen molar-refractivity contribution in [2.24, 2.45) is 0 Å². The van der Waals surface area contributed by atoms with E-state index in [4.69, 9.17) is 9.47 Å². The molecule has 0 saturated carbocycles. The molecule has 228 valence electrons. The number of phenolic OH excluding ortho intramolecular Hbond substituents is 4. The lowest BCUT2D eigenvalue weighted by atomic mass is 9.98. The van der Waals surface area contributed by atoms with E-state index in [0.717, 1.165) is 11.1 Å². The highest BCUT2D eigenvalue weighted by Gasteiger charge is 2.24. The molecule has 0 heterocycles. The van der Waals surface area contributed by atoms with E-state index < -0.39 is 0 Å². The largest absolute Gasteiger partial charge is 0.507 e. The number of ketones is 2. The number of carbonyl (C=O) groups is 2. The Morgan fingerprint density at radius 2 is 0.841 bits per heavy atom. The van der Waals surface area contributed by atoms with Gasteiger partial charge in [0.25, 0.3) is 0 Å². The normalized spacial score (nSPS) is 10.9. The number of rotatable bonds is 8. The first-order chi connectivity index (χ1) is 20.9. The molecule has 0 aliphatic carbocycles. The van der Waals surface area contributed by atoms with Crippen LogP contribution < -0.4 is 9.47 Å². The van der Waals surface area contributed by atoms with Gasteiger partial charge in [-0.05, 0) is 51.0 Å². The van der Waals surface area contributed by atoms with Crippen LogP contribution in [-0.4, -0.2) is 46.2 Å². The van der Waals surface area contributed by atoms with Crippen molar-refractivity contribution in [3.8, 4) is 34.5 Å². The number of carbonyl (C=O) groups excluding carboxylic acids is 2. The smallest absolute Gasteiger partial charge is 0.193 e. The molecule has 8 heteroatoms. The molecule has 4 aromatic rings. The van der Waals surface area contributed by atoms with Gasteiger partial charge in [0, 0.05) is 22.3 Å². The van der Waals surface area contributed by atoms with Crippen LogP contribution in [0.25, 0.3) is 12.2 Å². The number of hydrogen-bond donors (Lipinski definition) is 4. The van der Waals surface area contributed by atoms with Crippen molar-refractivity contribution >= 4 is 23.7 Å². The van der Waals surface area contributed by atoms with Gasteiger partial charge in [0.2, 0.25) is 0 Å². The third kappa shape index (κ3) is 7.10. The van der Waals surface area contributed by atoms with Crippen molar-refractivity contribution in [3.63, 3.8) is 0 Å². The van der Waals surface area contributed by atoms with Crippen molar-refractivity contribution in [2.45, 2.75) is 27.7 Å². The predicted molar refractivity (Wildman–Crippen MR) is 171 cm³/mol. The van der Waals surface area contributed by atoms with Crippen LogP contribution in [0, 0.1) is 27.7 Å². The van der Waals surface area contributed by atoms with Crippen LogP contribution in [-0.2, 0) is 0 Å². The lowest BCUT2D eigenvalue weighted by Gasteiger charge is -2.15. The molecular formula is C36H36O8. The van der Waals surface area contributed by atoms with Gasteiger partial charge in [0.1, 0.15) is 45.6 Å². The summed E-state index contributed by atoms with van der Waals surface area (Å²) in [5, 5.41) is 40.3. The summed E-state index contributed by atoms with van der Waals surface area (Å²) in [5.74, 6) is -1.07. The summed E-state index contributed by atoms with van der Waals surface area (Å²) in [7, 11) is 2.79. The van der Waals surface area contributed by atoms with Crippen molar-refractivity contribution in [2.75, 3.05) is 14.2 Å². The van der Waals surface area contributed by atoms with Gasteiger partial charge in [-0.1, -0.05) is 72.8 Å². The third-order valence-electron chi connectivity index (χ3n) is 7.09. The molecular weight excluding hydrogens is 560 g/mol. The van der Waals surface area contributed by atoms with Crippen LogP contribution in [0.3, 0.4) is 0 Å². The van der Waals surface area contributed by atoms with Crippen molar-refractivity contribution in [3.05, 3.63) is 117 Å². The molecule has 0 bridgehead atoms. The van der Waals surface area contributed by atoms with E-state index in [1.807, 2.05) is 60.7 Å². The van der Waals surface area contributed by atoms with E-state index in [0.29, 0.717) is 11.1 Å². The Labute approximate surface area is 256 Å². The Hall–Kier alpha value is -5.50. The minimum atomic E-state index is -0.385. The summed E-state index contributed by atoms with van der Waals surface area (Å²) in [6.45, 7) is 6.38. The van der Waals surface area contributed by atoms with Crippen molar-refractivity contribution < 1.29 is 39.5 Å². The zero-order chi connectivity index (χ0) is 32.6. The van der Waals surface area contributed by atoms with Gasteiger partial charge >= 0.3 is 0 Å². The first-order valence-corrected chi connectivity index (χ1v) is 13.7. The second-order valence-electron chi connectivity index (χ2n) is 9.93. The lowest BCUT2D eigenvalue weighted by molar-refractivity contribution is 0.103. The Kier molecular flexibility index (Phi) is 11.0. The van der Waals surface area contributed by atoms with E-state index >= 15 is 0 Å². The van der Waals surface area contributed by atoms with Crippen molar-refractivity contribution in [1.29, 1.82) is 0 Å². The zero-order valence-corrected chi connectivity index (χ0v) is 25.5. The van der Waals surface area contributed by atoms with Gasteiger partial charge < -0.3 is 29.9 Å². The van der Waals surface area contributed by atoms with E-state index in [-0.39, 0.29) is 68.3 Å². The maximum absolute atomic E-state index is 12.4. The van der Waals surface area contributed by atoms with Gasteiger partial charge in [-0.25, -0.2) is 0 Å². The molecule has 0 unspecified atom stereocenters. The highest BCUT2D eigenvalue weighted by Crippen LogP contribution is 2.43. The van der Waals surface area contributed by atoms with Gasteiger partial charge in [0.15, 0.2) is 11.6 Å². The summed E-state index contributed by atoms with van der Waals surface area (Å²) in [4.78, 5) is 24.9.